The van der Waals surface area contributed by atoms with Gasteiger partial charge in [0.2, 0.25) is 0 Å². The van der Waals surface area contributed by atoms with Crippen LogP contribution in [0.3, 0.4) is 0 Å². The molecule has 1 fully saturated rings. The van der Waals surface area contributed by atoms with E-state index in [-0.39, 0.29) is 0 Å². The number of thioether (sulfide) groups is 1. The Labute approximate surface area is 116 Å². The normalized spacial score (nSPS) is 16.2. The lowest BCUT2D eigenvalue weighted by molar-refractivity contribution is 0.252. The Balaban J connectivity index is 1.85. The van der Waals surface area contributed by atoms with Crippen molar-refractivity contribution in [2.45, 2.75) is 10.7 Å². The Kier molecular flexibility index (Phi) is 5.64. The second-order valence-corrected chi connectivity index (χ2v) is 5.29. The van der Waals surface area contributed by atoms with Crippen LogP contribution in [-0.4, -0.2) is 43.4 Å². The second-order valence-electron chi connectivity index (χ2n) is 4.23. The van der Waals surface area contributed by atoms with Crippen molar-refractivity contribution < 1.29 is 8.78 Å². The minimum atomic E-state index is -2.37. The van der Waals surface area contributed by atoms with Crippen molar-refractivity contribution in [2.75, 3.05) is 32.7 Å². The third-order valence-corrected chi connectivity index (χ3v) is 3.55. The lowest BCUT2D eigenvalue weighted by atomic mass is 10.2. The van der Waals surface area contributed by atoms with Crippen molar-refractivity contribution in [3.05, 3.63) is 29.8 Å². The van der Waals surface area contributed by atoms with E-state index in [0.29, 0.717) is 16.7 Å². The van der Waals surface area contributed by atoms with Gasteiger partial charge in [-0.3, -0.25) is 4.90 Å². The summed E-state index contributed by atoms with van der Waals surface area (Å²) in [5, 5.41) is 3.29. The standard InChI is InChI=1S/C14H16F2N2S/c15-14(16)19-13-5-3-12(4-6-13)2-1-9-18-10-7-17-8-11-18/h3-6,14,17H,7-11H2. The molecule has 5 heteroatoms. The first-order valence-corrected chi connectivity index (χ1v) is 7.09. The number of benzene rings is 1. The fraction of sp³-hybridized carbons (Fsp3) is 0.429. The number of piperazine rings is 1. The Hall–Kier alpha value is -1.09. The Morgan fingerprint density at radius 2 is 1.89 bits per heavy atom. The molecule has 2 nitrogen and oxygen atoms in total. The molecule has 1 aliphatic heterocycles. The van der Waals surface area contributed by atoms with Crippen LogP contribution in [0.25, 0.3) is 0 Å². The molecule has 19 heavy (non-hydrogen) atoms. The predicted molar refractivity (Wildman–Crippen MR) is 74.5 cm³/mol. The molecule has 0 unspecified atom stereocenters. The minimum Gasteiger partial charge on any atom is -0.314 e. The molecule has 0 atom stereocenters. The summed E-state index contributed by atoms with van der Waals surface area (Å²) in [5.74, 6) is 3.82. The Morgan fingerprint density at radius 1 is 1.21 bits per heavy atom. The quantitative estimate of drug-likeness (QED) is 0.676. The van der Waals surface area contributed by atoms with Crippen LogP contribution in [0.2, 0.25) is 0 Å². The molecular weight excluding hydrogens is 266 g/mol. The van der Waals surface area contributed by atoms with Crippen LogP contribution in [0.4, 0.5) is 8.78 Å². The molecule has 0 saturated carbocycles. The molecule has 0 spiro atoms. The zero-order valence-corrected chi connectivity index (χ0v) is 11.4. The van der Waals surface area contributed by atoms with Gasteiger partial charge in [0.15, 0.2) is 0 Å². The van der Waals surface area contributed by atoms with Crippen LogP contribution in [0.15, 0.2) is 29.2 Å². The zero-order valence-electron chi connectivity index (χ0n) is 10.5. The zero-order chi connectivity index (χ0) is 13.5. The molecule has 0 radical (unpaired) electrons. The van der Waals surface area contributed by atoms with Crippen molar-refractivity contribution in [1.82, 2.24) is 10.2 Å². The van der Waals surface area contributed by atoms with E-state index in [4.69, 9.17) is 0 Å². The van der Waals surface area contributed by atoms with Gasteiger partial charge in [-0.1, -0.05) is 23.6 Å². The number of nitrogens with zero attached hydrogens (tertiary/aromatic N) is 1. The molecular formula is C14H16F2N2S. The summed E-state index contributed by atoms with van der Waals surface area (Å²) in [5.41, 5.74) is 0.869. The maximum atomic E-state index is 12.2. The van der Waals surface area contributed by atoms with Crippen molar-refractivity contribution in [1.29, 1.82) is 0 Å². The first kappa shape index (κ1) is 14.3. The molecule has 1 aromatic carbocycles. The highest BCUT2D eigenvalue weighted by Gasteiger charge is 2.06. The molecule has 0 aromatic heterocycles. The van der Waals surface area contributed by atoms with Crippen LogP contribution in [-0.2, 0) is 0 Å². The van der Waals surface area contributed by atoms with Crippen LogP contribution in [0.1, 0.15) is 5.56 Å². The highest BCUT2D eigenvalue weighted by molar-refractivity contribution is 7.99. The van der Waals surface area contributed by atoms with E-state index in [1.54, 1.807) is 24.3 Å². The van der Waals surface area contributed by atoms with E-state index >= 15 is 0 Å². The summed E-state index contributed by atoms with van der Waals surface area (Å²) in [7, 11) is 0. The van der Waals surface area contributed by atoms with E-state index < -0.39 is 5.76 Å². The van der Waals surface area contributed by atoms with Gasteiger partial charge in [-0.25, -0.2) is 0 Å². The molecule has 1 aliphatic rings. The van der Waals surface area contributed by atoms with Gasteiger partial charge in [0.1, 0.15) is 0 Å². The summed E-state index contributed by atoms with van der Waals surface area (Å²) < 4.78 is 24.3. The third-order valence-electron chi connectivity index (χ3n) is 2.82. The maximum absolute atomic E-state index is 12.2. The first-order valence-electron chi connectivity index (χ1n) is 6.21. The van der Waals surface area contributed by atoms with E-state index in [1.807, 2.05) is 0 Å². The minimum absolute atomic E-state index is 0.557. The Morgan fingerprint density at radius 3 is 2.53 bits per heavy atom. The van der Waals surface area contributed by atoms with Crippen molar-refractivity contribution in [3.63, 3.8) is 0 Å². The van der Waals surface area contributed by atoms with Crippen LogP contribution >= 0.6 is 11.8 Å². The van der Waals surface area contributed by atoms with Crippen molar-refractivity contribution in [2.24, 2.45) is 0 Å². The molecule has 1 aromatic rings. The molecule has 102 valence electrons. The lowest BCUT2D eigenvalue weighted by Gasteiger charge is -2.24. The number of rotatable bonds is 3. The average Bonchev–Trinajstić information content (AvgIpc) is 2.41. The van der Waals surface area contributed by atoms with E-state index in [1.165, 1.54) is 0 Å². The summed E-state index contributed by atoms with van der Waals surface area (Å²) in [6.45, 7) is 4.84. The molecule has 0 aliphatic carbocycles. The molecule has 1 saturated heterocycles. The number of hydrogen-bond donors (Lipinski definition) is 1. The van der Waals surface area contributed by atoms with Gasteiger partial charge in [0.05, 0.1) is 6.54 Å². The van der Waals surface area contributed by atoms with Gasteiger partial charge in [0, 0.05) is 36.6 Å². The number of alkyl halides is 2. The molecule has 0 amide bonds. The van der Waals surface area contributed by atoms with Gasteiger partial charge in [0.25, 0.3) is 5.76 Å². The number of nitrogens with one attached hydrogen (secondary N) is 1. The van der Waals surface area contributed by atoms with Crippen LogP contribution in [0, 0.1) is 11.8 Å². The first-order chi connectivity index (χ1) is 9.24. The maximum Gasteiger partial charge on any atom is 0.288 e. The number of halogens is 2. The van der Waals surface area contributed by atoms with Crippen molar-refractivity contribution in [3.8, 4) is 11.8 Å². The highest BCUT2D eigenvalue weighted by atomic mass is 32.2. The van der Waals surface area contributed by atoms with E-state index in [2.05, 4.69) is 22.1 Å². The molecule has 2 rings (SSSR count). The van der Waals surface area contributed by atoms with Gasteiger partial charge in [-0.05, 0) is 24.3 Å². The van der Waals surface area contributed by atoms with E-state index in [9.17, 15) is 8.78 Å². The SMILES string of the molecule is FC(F)Sc1ccc(C#CCN2CCNCC2)cc1. The fourth-order valence-electron chi connectivity index (χ4n) is 1.84. The van der Waals surface area contributed by atoms with Crippen LogP contribution < -0.4 is 5.32 Å². The van der Waals surface area contributed by atoms with Gasteiger partial charge < -0.3 is 5.32 Å². The molecule has 1 N–H and O–H groups in total. The van der Waals surface area contributed by atoms with Gasteiger partial charge in [-0.15, -0.1) is 0 Å². The summed E-state index contributed by atoms with van der Waals surface area (Å²) >= 11 is 0.557. The smallest absolute Gasteiger partial charge is 0.288 e. The second kappa shape index (κ2) is 7.49. The topological polar surface area (TPSA) is 15.3 Å². The average molecular weight is 282 g/mol. The van der Waals surface area contributed by atoms with Gasteiger partial charge in [-0.2, -0.15) is 8.78 Å². The molecule has 0 bridgehead atoms. The van der Waals surface area contributed by atoms with E-state index in [0.717, 1.165) is 38.3 Å². The summed E-state index contributed by atoms with van der Waals surface area (Å²) in [4.78, 5) is 2.87. The lowest BCUT2D eigenvalue weighted by Crippen LogP contribution is -2.43. The highest BCUT2D eigenvalue weighted by Crippen LogP contribution is 2.24. The predicted octanol–water partition coefficient (Wildman–Crippen LogP) is 2.26. The summed E-state index contributed by atoms with van der Waals surface area (Å²) in [6, 6.07) is 6.95. The monoisotopic (exact) mass is 282 g/mol. The molecule has 1 heterocycles. The largest absolute Gasteiger partial charge is 0.314 e. The van der Waals surface area contributed by atoms with Gasteiger partial charge >= 0.3 is 0 Å². The summed E-state index contributed by atoms with van der Waals surface area (Å²) in [6.07, 6.45) is 0. The number of hydrogen-bond acceptors (Lipinski definition) is 3. The third kappa shape index (κ3) is 5.19. The van der Waals surface area contributed by atoms with Crippen LogP contribution in [0.5, 0.6) is 0 Å². The Bertz CT molecular complexity index is 445. The fourth-order valence-corrected chi connectivity index (χ4v) is 2.34. The van der Waals surface area contributed by atoms with Crippen molar-refractivity contribution >= 4 is 11.8 Å².